The van der Waals surface area contributed by atoms with Gasteiger partial charge >= 0.3 is 0 Å². The zero-order valence-corrected chi connectivity index (χ0v) is 11.5. The molecule has 5 heteroatoms. The highest BCUT2D eigenvalue weighted by Crippen LogP contribution is 2.16. The minimum Gasteiger partial charge on any atom is -0.349 e. The van der Waals surface area contributed by atoms with Crippen LogP contribution in [0.15, 0.2) is 24.3 Å². The molecule has 1 aliphatic heterocycles. The van der Waals surface area contributed by atoms with Gasteiger partial charge in [-0.25, -0.2) is 0 Å². The maximum atomic E-state index is 12.2. The molecule has 2 unspecified atom stereocenters. The summed E-state index contributed by atoms with van der Waals surface area (Å²) in [5, 5.41) is 3.13. The van der Waals surface area contributed by atoms with E-state index in [2.05, 4.69) is 29.6 Å². The second-order valence-electron chi connectivity index (χ2n) is 5.33. The number of hydrazine groups is 1. The number of benzene rings is 1. The Morgan fingerprint density at radius 2 is 2.05 bits per heavy atom. The monoisotopic (exact) mass is 262 g/mol. The van der Waals surface area contributed by atoms with Gasteiger partial charge < -0.3 is 15.6 Å². The predicted molar refractivity (Wildman–Crippen MR) is 76.8 cm³/mol. The van der Waals surface area contributed by atoms with Crippen molar-refractivity contribution >= 4 is 11.6 Å². The maximum absolute atomic E-state index is 12.2. The summed E-state index contributed by atoms with van der Waals surface area (Å²) < 4.78 is 0. The standard InChI is InChI=1S/C14H22N4O/c1-10-9-18(2)8-7-13(10)16-14(19)11-3-5-12(17-15)6-4-11/h3-6,10,13,17H,7-9,15H2,1-2H3,(H,16,19). The number of hydrogen-bond donors (Lipinski definition) is 3. The van der Waals surface area contributed by atoms with Crippen molar-refractivity contribution in [1.82, 2.24) is 10.2 Å². The third-order valence-electron chi connectivity index (χ3n) is 3.74. The van der Waals surface area contributed by atoms with Crippen molar-refractivity contribution in [3.63, 3.8) is 0 Å². The van der Waals surface area contributed by atoms with E-state index in [1.54, 1.807) is 24.3 Å². The van der Waals surface area contributed by atoms with Crippen molar-refractivity contribution in [1.29, 1.82) is 0 Å². The number of nitrogens with one attached hydrogen (secondary N) is 2. The molecule has 1 heterocycles. The van der Waals surface area contributed by atoms with Crippen LogP contribution in [-0.4, -0.2) is 37.0 Å². The van der Waals surface area contributed by atoms with Crippen LogP contribution in [0.5, 0.6) is 0 Å². The maximum Gasteiger partial charge on any atom is 0.251 e. The Morgan fingerprint density at radius 1 is 1.37 bits per heavy atom. The number of nitrogens with zero attached hydrogens (tertiary/aromatic N) is 1. The average molecular weight is 262 g/mol. The van der Waals surface area contributed by atoms with Crippen molar-refractivity contribution in [2.24, 2.45) is 11.8 Å². The summed E-state index contributed by atoms with van der Waals surface area (Å²) >= 11 is 0. The molecule has 4 N–H and O–H groups in total. The van der Waals surface area contributed by atoms with Gasteiger partial charge in [0.2, 0.25) is 0 Å². The largest absolute Gasteiger partial charge is 0.349 e. The van der Waals surface area contributed by atoms with Crippen LogP contribution in [0.3, 0.4) is 0 Å². The van der Waals surface area contributed by atoms with Crippen LogP contribution >= 0.6 is 0 Å². The number of likely N-dealkylation sites (tertiary alicyclic amines) is 1. The van der Waals surface area contributed by atoms with Crippen LogP contribution in [0.4, 0.5) is 5.69 Å². The van der Waals surface area contributed by atoms with Crippen molar-refractivity contribution in [3.8, 4) is 0 Å². The van der Waals surface area contributed by atoms with Gasteiger partial charge in [0.05, 0.1) is 0 Å². The Balaban J connectivity index is 1.96. The minimum atomic E-state index is -0.00928. The number of amides is 1. The number of rotatable bonds is 3. The summed E-state index contributed by atoms with van der Waals surface area (Å²) in [4.78, 5) is 14.5. The molecular weight excluding hydrogens is 240 g/mol. The molecule has 0 bridgehead atoms. The molecule has 1 aliphatic rings. The van der Waals surface area contributed by atoms with Gasteiger partial charge in [0.1, 0.15) is 0 Å². The van der Waals surface area contributed by atoms with Crippen LogP contribution in [0.2, 0.25) is 0 Å². The SMILES string of the molecule is CC1CN(C)CCC1NC(=O)c1ccc(NN)cc1. The van der Waals surface area contributed by atoms with Gasteiger partial charge in [0.15, 0.2) is 0 Å². The molecule has 0 aromatic heterocycles. The molecule has 0 spiro atoms. The molecule has 0 saturated carbocycles. The quantitative estimate of drug-likeness (QED) is 0.562. The molecule has 104 valence electrons. The van der Waals surface area contributed by atoms with E-state index < -0.39 is 0 Å². The molecule has 2 rings (SSSR count). The zero-order valence-electron chi connectivity index (χ0n) is 11.5. The molecule has 5 nitrogen and oxygen atoms in total. The smallest absolute Gasteiger partial charge is 0.251 e. The number of carbonyl (C=O) groups excluding carboxylic acids is 1. The molecule has 0 aliphatic carbocycles. The summed E-state index contributed by atoms with van der Waals surface area (Å²) in [6.45, 7) is 4.24. The summed E-state index contributed by atoms with van der Waals surface area (Å²) in [7, 11) is 2.12. The van der Waals surface area contributed by atoms with E-state index in [4.69, 9.17) is 5.84 Å². The number of carbonyl (C=O) groups is 1. The van der Waals surface area contributed by atoms with Crippen LogP contribution < -0.4 is 16.6 Å². The molecule has 1 aromatic carbocycles. The Hall–Kier alpha value is -1.59. The van der Waals surface area contributed by atoms with Crippen LogP contribution in [0.1, 0.15) is 23.7 Å². The molecule has 19 heavy (non-hydrogen) atoms. The lowest BCUT2D eigenvalue weighted by Crippen LogP contribution is -2.48. The number of hydrogen-bond acceptors (Lipinski definition) is 4. The fourth-order valence-corrected chi connectivity index (χ4v) is 2.54. The molecule has 1 aromatic rings. The van der Waals surface area contributed by atoms with Crippen LogP contribution in [0, 0.1) is 5.92 Å². The fourth-order valence-electron chi connectivity index (χ4n) is 2.54. The van der Waals surface area contributed by atoms with Crippen molar-refractivity contribution in [3.05, 3.63) is 29.8 Å². The highest BCUT2D eigenvalue weighted by molar-refractivity contribution is 5.94. The van der Waals surface area contributed by atoms with E-state index in [9.17, 15) is 4.79 Å². The Bertz CT molecular complexity index is 432. The molecule has 1 amide bonds. The zero-order chi connectivity index (χ0) is 13.8. The van der Waals surface area contributed by atoms with Gasteiger partial charge in [-0.2, -0.15) is 0 Å². The normalized spacial score (nSPS) is 23.9. The highest BCUT2D eigenvalue weighted by atomic mass is 16.1. The fraction of sp³-hybridized carbons (Fsp3) is 0.500. The molecular formula is C14H22N4O. The number of nitrogens with two attached hydrogens (primary N) is 1. The van der Waals surface area contributed by atoms with Crippen molar-refractivity contribution < 1.29 is 4.79 Å². The first-order valence-corrected chi connectivity index (χ1v) is 6.66. The number of nitrogen functional groups attached to an aromatic ring is 1. The van der Waals surface area contributed by atoms with Gasteiger partial charge in [-0.15, -0.1) is 0 Å². The topological polar surface area (TPSA) is 70.4 Å². The summed E-state index contributed by atoms with van der Waals surface area (Å²) in [6, 6.07) is 7.42. The van der Waals surface area contributed by atoms with E-state index in [0.29, 0.717) is 11.5 Å². The third kappa shape index (κ3) is 3.45. The molecule has 1 saturated heterocycles. The first-order valence-electron chi connectivity index (χ1n) is 6.66. The van der Waals surface area contributed by atoms with Crippen molar-refractivity contribution in [2.75, 3.05) is 25.6 Å². The lowest BCUT2D eigenvalue weighted by Gasteiger charge is -2.35. The van der Waals surface area contributed by atoms with Gasteiger partial charge in [-0.05, 0) is 50.2 Å². The lowest BCUT2D eigenvalue weighted by atomic mass is 9.94. The van der Waals surface area contributed by atoms with Crippen LogP contribution in [0.25, 0.3) is 0 Å². The van der Waals surface area contributed by atoms with E-state index in [0.717, 1.165) is 25.2 Å². The van der Waals surface area contributed by atoms with Gasteiger partial charge in [-0.1, -0.05) is 6.92 Å². The second kappa shape index (κ2) is 6.04. The van der Waals surface area contributed by atoms with Gasteiger partial charge in [0, 0.05) is 23.8 Å². The minimum absolute atomic E-state index is 0.00928. The van der Waals surface area contributed by atoms with Crippen molar-refractivity contribution in [2.45, 2.75) is 19.4 Å². The Morgan fingerprint density at radius 3 is 2.63 bits per heavy atom. The lowest BCUT2D eigenvalue weighted by molar-refractivity contribution is 0.0884. The number of anilines is 1. The van der Waals surface area contributed by atoms with Gasteiger partial charge in [-0.3, -0.25) is 10.6 Å². The molecule has 1 fully saturated rings. The second-order valence-corrected chi connectivity index (χ2v) is 5.33. The first-order chi connectivity index (χ1) is 9.10. The Kier molecular flexibility index (Phi) is 4.39. The predicted octanol–water partition coefficient (Wildman–Crippen LogP) is 1.04. The summed E-state index contributed by atoms with van der Waals surface area (Å²) in [5.41, 5.74) is 4.02. The molecule has 0 radical (unpaired) electrons. The van der Waals surface area contributed by atoms with E-state index in [-0.39, 0.29) is 11.9 Å². The van der Waals surface area contributed by atoms with E-state index in [1.807, 2.05) is 0 Å². The highest BCUT2D eigenvalue weighted by Gasteiger charge is 2.25. The van der Waals surface area contributed by atoms with Gasteiger partial charge in [0.25, 0.3) is 5.91 Å². The average Bonchev–Trinajstić information content (AvgIpc) is 2.42. The number of piperidine rings is 1. The summed E-state index contributed by atoms with van der Waals surface area (Å²) in [5.74, 6) is 5.77. The van der Waals surface area contributed by atoms with Crippen LogP contribution in [-0.2, 0) is 0 Å². The van der Waals surface area contributed by atoms with E-state index >= 15 is 0 Å². The summed E-state index contributed by atoms with van der Waals surface area (Å²) in [6.07, 6.45) is 1.01. The van der Waals surface area contributed by atoms with E-state index in [1.165, 1.54) is 0 Å². The third-order valence-corrected chi connectivity index (χ3v) is 3.74. The molecule has 2 atom stereocenters. The first kappa shape index (κ1) is 13.8. The Labute approximate surface area is 114 Å².